The summed E-state index contributed by atoms with van der Waals surface area (Å²) in [5.41, 5.74) is 9.68. The second-order valence-corrected chi connectivity index (χ2v) is 8.85. The van der Waals surface area contributed by atoms with Gasteiger partial charge in [-0.1, -0.05) is 143 Å². The number of hydrogen-bond acceptors (Lipinski definition) is 0. The van der Waals surface area contributed by atoms with Gasteiger partial charge in [-0.25, -0.2) is 0 Å². The van der Waals surface area contributed by atoms with Gasteiger partial charge in [-0.2, -0.15) is 0 Å². The van der Waals surface area contributed by atoms with Crippen LogP contribution in [0.25, 0.3) is 22.3 Å². The van der Waals surface area contributed by atoms with Crippen molar-refractivity contribution in [2.45, 2.75) is 0 Å². The molecule has 0 fully saturated rings. The SMILES string of the molecule is Brc1cccc(-c2ccc(C(=C(c3ccccc3)c3ccccc3)c3ccccc3)cc2)c1. The van der Waals surface area contributed by atoms with Gasteiger partial charge in [0.1, 0.15) is 0 Å². The van der Waals surface area contributed by atoms with Crippen LogP contribution in [0.15, 0.2) is 144 Å². The third kappa shape index (κ3) is 4.74. The quantitative estimate of drug-likeness (QED) is 0.217. The van der Waals surface area contributed by atoms with Crippen molar-refractivity contribution in [1.29, 1.82) is 0 Å². The molecule has 5 rings (SSSR count). The maximum atomic E-state index is 3.59. The molecule has 0 heterocycles. The van der Waals surface area contributed by atoms with E-state index in [-0.39, 0.29) is 0 Å². The van der Waals surface area contributed by atoms with Crippen LogP contribution in [0.5, 0.6) is 0 Å². The summed E-state index contributed by atoms with van der Waals surface area (Å²) in [6.45, 7) is 0. The van der Waals surface area contributed by atoms with Crippen LogP contribution >= 0.6 is 15.9 Å². The highest BCUT2D eigenvalue weighted by molar-refractivity contribution is 9.10. The summed E-state index contributed by atoms with van der Waals surface area (Å²) in [4.78, 5) is 0. The predicted molar refractivity (Wildman–Crippen MR) is 144 cm³/mol. The van der Waals surface area contributed by atoms with E-state index in [1.165, 1.54) is 44.5 Å². The second kappa shape index (κ2) is 9.85. The Morgan fingerprint density at radius 3 is 1.21 bits per heavy atom. The van der Waals surface area contributed by atoms with Crippen LogP contribution in [0.2, 0.25) is 0 Å². The van der Waals surface area contributed by atoms with Gasteiger partial charge in [0.05, 0.1) is 0 Å². The van der Waals surface area contributed by atoms with Gasteiger partial charge in [-0.05, 0) is 56.7 Å². The Kier molecular flexibility index (Phi) is 6.32. The highest BCUT2D eigenvalue weighted by Gasteiger charge is 2.16. The van der Waals surface area contributed by atoms with Gasteiger partial charge in [0, 0.05) is 4.47 Å². The molecule has 0 amide bonds. The van der Waals surface area contributed by atoms with Gasteiger partial charge in [0.2, 0.25) is 0 Å². The third-order valence-corrected chi connectivity index (χ3v) is 6.26. The van der Waals surface area contributed by atoms with Crippen molar-refractivity contribution in [3.8, 4) is 11.1 Å². The maximum absolute atomic E-state index is 3.59. The van der Waals surface area contributed by atoms with Crippen molar-refractivity contribution in [2.24, 2.45) is 0 Å². The summed E-state index contributed by atoms with van der Waals surface area (Å²) >= 11 is 3.59. The molecule has 0 aliphatic heterocycles. The van der Waals surface area contributed by atoms with E-state index in [0.717, 1.165) is 4.47 Å². The standard InChI is InChI=1S/C32H23Br/c33-30-18-10-17-29(23-30)24-19-21-28(22-20-24)32(27-15-8-3-9-16-27)31(25-11-4-1-5-12-25)26-13-6-2-7-14-26/h1-23H. The first-order chi connectivity index (χ1) is 16.3. The zero-order valence-corrected chi connectivity index (χ0v) is 19.7. The summed E-state index contributed by atoms with van der Waals surface area (Å²) in [7, 11) is 0. The van der Waals surface area contributed by atoms with E-state index in [0.29, 0.717) is 0 Å². The lowest BCUT2D eigenvalue weighted by atomic mass is 9.85. The zero-order valence-electron chi connectivity index (χ0n) is 18.2. The minimum atomic E-state index is 1.09. The van der Waals surface area contributed by atoms with E-state index in [2.05, 4.69) is 155 Å². The first-order valence-corrected chi connectivity index (χ1v) is 11.9. The van der Waals surface area contributed by atoms with Gasteiger partial charge in [-0.3, -0.25) is 0 Å². The minimum absolute atomic E-state index is 1.09. The topological polar surface area (TPSA) is 0 Å². The maximum Gasteiger partial charge on any atom is 0.0181 e. The summed E-state index contributed by atoms with van der Waals surface area (Å²) in [5, 5.41) is 0. The summed E-state index contributed by atoms with van der Waals surface area (Å²) < 4.78 is 1.09. The largest absolute Gasteiger partial charge is 0.0622 e. The first kappa shape index (κ1) is 21.2. The Morgan fingerprint density at radius 2 is 0.788 bits per heavy atom. The number of benzene rings is 5. The molecule has 158 valence electrons. The lowest BCUT2D eigenvalue weighted by molar-refractivity contribution is 1.50. The number of hydrogen-bond donors (Lipinski definition) is 0. The lowest BCUT2D eigenvalue weighted by Crippen LogP contribution is -1.97. The normalized spacial score (nSPS) is 10.6. The van der Waals surface area contributed by atoms with Gasteiger partial charge in [0.15, 0.2) is 0 Å². The van der Waals surface area contributed by atoms with E-state index >= 15 is 0 Å². The van der Waals surface area contributed by atoms with Gasteiger partial charge in [0.25, 0.3) is 0 Å². The smallest absolute Gasteiger partial charge is 0.0181 e. The van der Waals surface area contributed by atoms with Crippen molar-refractivity contribution in [3.63, 3.8) is 0 Å². The van der Waals surface area contributed by atoms with Crippen LogP contribution in [-0.2, 0) is 0 Å². The van der Waals surface area contributed by atoms with Crippen molar-refractivity contribution in [2.75, 3.05) is 0 Å². The zero-order chi connectivity index (χ0) is 22.5. The molecule has 0 nitrogen and oxygen atoms in total. The molecule has 0 aliphatic rings. The average Bonchev–Trinajstić information content (AvgIpc) is 2.89. The molecule has 0 atom stereocenters. The molecule has 0 radical (unpaired) electrons. The minimum Gasteiger partial charge on any atom is -0.0622 e. The average molecular weight is 487 g/mol. The molecule has 5 aromatic rings. The van der Waals surface area contributed by atoms with Crippen LogP contribution in [-0.4, -0.2) is 0 Å². The Bertz CT molecular complexity index is 1330. The molecule has 0 saturated carbocycles. The van der Waals surface area contributed by atoms with E-state index < -0.39 is 0 Å². The molecular formula is C32H23Br. The highest BCUT2D eigenvalue weighted by Crippen LogP contribution is 2.37. The van der Waals surface area contributed by atoms with E-state index in [1.54, 1.807) is 0 Å². The van der Waals surface area contributed by atoms with Gasteiger partial charge in [-0.15, -0.1) is 0 Å². The predicted octanol–water partition coefficient (Wildman–Crippen LogP) is 9.12. The molecule has 1 heteroatoms. The van der Waals surface area contributed by atoms with E-state index in [9.17, 15) is 0 Å². The van der Waals surface area contributed by atoms with Crippen LogP contribution in [0, 0.1) is 0 Å². The molecule has 0 saturated heterocycles. The highest BCUT2D eigenvalue weighted by atomic mass is 79.9. The Morgan fingerprint density at radius 1 is 0.364 bits per heavy atom. The molecule has 0 N–H and O–H groups in total. The fourth-order valence-corrected chi connectivity index (χ4v) is 4.62. The lowest BCUT2D eigenvalue weighted by Gasteiger charge is -2.18. The van der Waals surface area contributed by atoms with Crippen LogP contribution < -0.4 is 0 Å². The van der Waals surface area contributed by atoms with E-state index in [1.807, 2.05) is 0 Å². The number of halogens is 1. The van der Waals surface area contributed by atoms with Gasteiger partial charge < -0.3 is 0 Å². The van der Waals surface area contributed by atoms with Crippen molar-refractivity contribution < 1.29 is 0 Å². The molecule has 5 aromatic carbocycles. The van der Waals surface area contributed by atoms with Gasteiger partial charge >= 0.3 is 0 Å². The fraction of sp³-hybridized carbons (Fsp3) is 0. The molecule has 0 unspecified atom stereocenters. The van der Waals surface area contributed by atoms with E-state index in [4.69, 9.17) is 0 Å². The second-order valence-electron chi connectivity index (χ2n) is 7.94. The third-order valence-electron chi connectivity index (χ3n) is 5.77. The summed E-state index contributed by atoms with van der Waals surface area (Å²) in [5.74, 6) is 0. The van der Waals surface area contributed by atoms with Crippen LogP contribution in [0.4, 0.5) is 0 Å². The molecule has 0 spiro atoms. The van der Waals surface area contributed by atoms with Crippen LogP contribution in [0.1, 0.15) is 22.3 Å². The Balaban J connectivity index is 1.74. The first-order valence-electron chi connectivity index (χ1n) is 11.1. The monoisotopic (exact) mass is 486 g/mol. The molecular weight excluding hydrogens is 464 g/mol. The summed E-state index contributed by atoms with van der Waals surface area (Å²) in [6.07, 6.45) is 0. The fourth-order valence-electron chi connectivity index (χ4n) is 4.22. The van der Waals surface area contributed by atoms with Crippen molar-refractivity contribution in [3.05, 3.63) is 166 Å². The number of rotatable bonds is 5. The van der Waals surface area contributed by atoms with Crippen molar-refractivity contribution in [1.82, 2.24) is 0 Å². The molecule has 33 heavy (non-hydrogen) atoms. The summed E-state index contributed by atoms with van der Waals surface area (Å²) in [6, 6.07) is 49.4. The molecule has 0 aromatic heterocycles. The van der Waals surface area contributed by atoms with Crippen molar-refractivity contribution >= 4 is 27.1 Å². The molecule has 0 bridgehead atoms. The Hall–Kier alpha value is -3.68. The molecule has 0 aliphatic carbocycles. The van der Waals surface area contributed by atoms with Crippen LogP contribution in [0.3, 0.4) is 0 Å². The Labute approximate surface area is 204 Å².